The summed E-state index contributed by atoms with van der Waals surface area (Å²) in [6, 6.07) is 0. The van der Waals surface area contributed by atoms with Gasteiger partial charge in [-0.3, -0.25) is 4.79 Å². The monoisotopic (exact) mass is 256 g/mol. The van der Waals surface area contributed by atoms with Crippen molar-refractivity contribution in [2.45, 2.75) is 38.2 Å². The van der Waals surface area contributed by atoms with Crippen molar-refractivity contribution in [3.63, 3.8) is 0 Å². The fourth-order valence-corrected chi connectivity index (χ4v) is 2.81. The van der Waals surface area contributed by atoms with Gasteiger partial charge in [-0.05, 0) is 32.4 Å². The summed E-state index contributed by atoms with van der Waals surface area (Å²) in [4.78, 5) is 12.4. The highest BCUT2D eigenvalue weighted by atomic mass is 16.5. The molecule has 18 heavy (non-hydrogen) atoms. The number of rotatable bonds is 4. The molecule has 2 fully saturated rings. The molecule has 104 valence electrons. The van der Waals surface area contributed by atoms with Crippen LogP contribution in [0.25, 0.3) is 0 Å². The van der Waals surface area contributed by atoms with Crippen LogP contribution in [-0.2, 0) is 9.53 Å². The summed E-state index contributed by atoms with van der Waals surface area (Å²) < 4.78 is 5.18. The molecule has 0 aromatic rings. The molecule has 5 heteroatoms. The Labute approximate surface area is 108 Å². The standard InChI is InChI=1S/C13H24N2O3/c1-2-12(3-6-14-7-4-12)11(16)15-9-13(17)5-8-18-10-13/h14,17H,2-10H2,1H3,(H,15,16). The number of carbonyl (C=O) groups excluding carboxylic acids is 1. The molecular formula is C13H24N2O3. The molecule has 0 aromatic carbocycles. The predicted octanol–water partition coefficient (Wildman–Crippen LogP) is 0.0338. The fraction of sp³-hybridized carbons (Fsp3) is 0.923. The van der Waals surface area contributed by atoms with Crippen molar-refractivity contribution in [2.24, 2.45) is 5.41 Å². The zero-order chi connectivity index (χ0) is 13.1. The summed E-state index contributed by atoms with van der Waals surface area (Å²) in [5.41, 5.74) is -1.11. The topological polar surface area (TPSA) is 70.6 Å². The van der Waals surface area contributed by atoms with E-state index in [9.17, 15) is 9.90 Å². The zero-order valence-corrected chi connectivity index (χ0v) is 11.1. The van der Waals surface area contributed by atoms with Gasteiger partial charge in [-0.1, -0.05) is 6.92 Å². The molecule has 0 spiro atoms. The van der Waals surface area contributed by atoms with Gasteiger partial charge in [-0.15, -0.1) is 0 Å². The lowest BCUT2D eigenvalue weighted by molar-refractivity contribution is -0.134. The molecule has 1 unspecified atom stereocenters. The second kappa shape index (κ2) is 5.55. The Hall–Kier alpha value is -0.650. The number of hydrogen-bond donors (Lipinski definition) is 3. The normalized spacial score (nSPS) is 31.2. The first-order valence-electron chi connectivity index (χ1n) is 6.89. The van der Waals surface area contributed by atoms with Crippen molar-refractivity contribution in [1.29, 1.82) is 0 Å². The van der Waals surface area contributed by atoms with Crippen LogP contribution in [0, 0.1) is 5.41 Å². The Kier molecular flexibility index (Phi) is 4.25. The maximum atomic E-state index is 12.4. The Bertz CT molecular complexity index is 295. The maximum Gasteiger partial charge on any atom is 0.226 e. The minimum atomic E-state index is -0.864. The second-order valence-electron chi connectivity index (χ2n) is 5.59. The van der Waals surface area contributed by atoms with Crippen LogP contribution < -0.4 is 10.6 Å². The van der Waals surface area contributed by atoms with Crippen LogP contribution in [0.4, 0.5) is 0 Å². The lowest BCUT2D eigenvalue weighted by atomic mass is 9.75. The molecular weight excluding hydrogens is 232 g/mol. The number of carbonyl (C=O) groups is 1. The Morgan fingerprint density at radius 2 is 2.11 bits per heavy atom. The Balaban J connectivity index is 1.89. The Morgan fingerprint density at radius 3 is 2.67 bits per heavy atom. The lowest BCUT2D eigenvalue weighted by Crippen LogP contribution is -2.51. The molecule has 5 nitrogen and oxygen atoms in total. The molecule has 3 N–H and O–H groups in total. The average Bonchev–Trinajstić information content (AvgIpc) is 2.84. The third kappa shape index (κ3) is 2.84. The largest absolute Gasteiger partial charge is 0.386 e. The van der Waals surface area contributed by atoms with Crippen LogP contribution in [0.1, 0.15) is 32.6 Å². The fourth-order valence-electron chi connectivity index (χ4n) is 2.81. The third-order valence-corrected chi connectivity index (χ3v) is 4.38. The molecule has 2 aliphatic heterocycles. The summed E-state index contributed by atoms with van der Waals surface area (Å²) >= 11 is 0. The predicted molar refractivity (Wildman–Crippen MR) is 68.2 cm³/mol. The number of hydrogen-bond acceptors (Lipinski definition) is 4. The maximum absolute atomic E-state index is 12.4. The van der Waals surface area contributed by atoms with Crippen LogP contribution >= 0.6 is 0 Å². The van der Waals surface area contributed by atoms with E-state index >= 15 is 0 Å². The zero-order valence-electron chi connectivity index (χ0n) is 11.1. The van der Waals surface area contributed by atoms with Crippen molar-refractivity contribution in [3.8, 4) is 0 Å². The van der Waals surface area contributed by atoms with Crippen molar-refractivity contribution in [2.75, 3.05) is 32.8 Å². The quantitative estimate of drug-likeness (QED) is 0.664. The minimum absolute atomic E-state index is 0.0897. The minimum Gasteiger partial charge on any atom is -0.386 e. The number of piperidine rings is 1. The van der Waals surface area contributed by atoms with Crippen molar-refractivity contribution in [1.82, 2.24) is 10.6 Å². The molecule has 2 saturated heterocycles. The van der Waals surface area contributed by atoms with E-state index < -0.39 is 5.60 Å². The summed E-state index contributed by atoms with van der Waals surface area (Å²) in [7, 11) is 0. The van der Waals surface area contributed by atoms with Gasteiger partial charge in [0.15, 0.2) is 0 Å². The first kappa shape index (κ1) is 13.8. The second-order valence-corrected chi connectivity index (χ2v) is 5.59. The van der Waals surface area contributed by atoms with Gasteiger partial charge in [-0.25, -0.2) is 0 Å². The van der Waals surface area contributed by atoms with Crippen LogP contribution in [0.5, 0.6) is 0 Å². The van der Waals surface area contributed by atoms with E-state index in [4.69, 9.17) is 4.74 Å². The number of ether oxygens (including phenoxy) is 1. The van der Waals surface area contributed by atoms with Gasteiger partial charge in [0.2, 0.25) is 5.91 Å². The van der Waals surface area contributed by atoms with E-state index in [1.807, 2.05) is 0 Å². The summed E-state index contributed by atoms with van der Waals surface area (Å²) in [5, 5.41) is 16.4. The van der Waals surface area contributed by atoms with E-state index in [1.165, 1.54) is 0 Å². The van der Waals surface area contributed by atoms with Gasteiger partial charge in [0.05, 0.1) is 12.0 Å². The van der Waals surface area contributed by atoms with Crippen LogP contribution in [0.2, 0.25) is 0 Å². The van der Waals surface area contributed by atoms with E-state index in [0.29, 0.717) is 26.2 Å². The van der Waals surface area contributed by atoms with Gasteiger partial charge < -0.3 is 20.5 Å². The highest BCUT2D eigenvalue weighted by molar-refractivity contribution is 5.82. The SMILES string of the molecule is CCC1(C(=O)NCC2(O)CCOC2)CCNCC1. The van der Waals surface area contributed by atoms with Crippen molar-refractivity contribution >= 4 is 5.91 Å². The summed E-state index contributed by atoms with van der Waals surface area (Å²) in [5.74, 6) is 0.0897. The molecule has 2 heterocycles. The lowest BCUT2D eigenvalue weighted by Gasteiger charge is -2.36. The van der Waals surface area contributed by atoms with Crippen molar-refractivity contribution in [3.05, 3.63) is 0 Å². The van der Waals surface area contributed by atoms with Crippen LogP contribution in [0.3, 0.4) is 0 Å². The molecule has 0 saturated carbocycles. The first-order valence-corrected chi connectivity index (χ1v) is 6.89. The van der Waals surface area contributed by atoms with E-state index in [2.05, 4.69) is 17.6 Å². The Morgan fingerprint density at radius 1 is 1.39 bits per heavy atom. The molecule has 1 amide bonds. The van der Waals surface area contributed by atoms with Gasteiger partial charge >= 0.3 is 0 Å². The molecule has 1 atom stereocenters. The van der Waals surface area contributed by atoms with E-state index in [-0.39, 0.29) is 11.3 Å². The average molecular weight is 256 g/mol. The summed E-state index contributed by atoms with van der Waals surface area (Å²) in [6.45, 7) is 5.08. The van der Waals surface area contributed by atoms with Gasteiger partial charge in [0.25, 0.3) is 0 Å². The molecule has 0 bridgehead atoms. The molecule has 2 rings (SSSR count). The van der Waals surface area contributed by atoms with E-state index in [0.717, 1.165) is 32.4 Å². The smallest absolute Gasteiger partial charge is 0.226 e. The van der Waals surface area contributed by atoms with Crippen LogP contribution in [0.15, 0.2) is 0 Å². The molecule has 2 aliphatic rings. The number of aliphatic hydroxyl groups is 1. The number of nitrogens with one attached hydrogen (secondary N) is 2. The van der Waals surface area contributed by atoms with Crippen molar-refractivity contribution < 1.29 is 14.6 Å². The molecule has 0 aliphatic carbocycles. The third-order valence-electron chi connectivity index (χ3n) is 4.38. The van der Waals surface area contributed by atoms with Crippen LogP contribution in [-0.4, -0.2) is 49.5 Å². The number of amides is 1. The molecule has 0 aromatic heterocycles. The first-order chi connectivity index (χ1) is 8.60. The van der Waals surface area contributed by atoms with Gasteiger partial charge in [0.1, 0.15) is 5.60 Å². The van der Waals surface area contributed by atoms with E-state index in [1.54, 1.807) is 0 Å². The summed E-state index contributed by atoms with van der Waals surface area (Å²) in [6.07, 6.45) is 3.22. The highest BCUT2D eigenvalue weighted by Crippen LogP contribution is 2.32. The van der Waals surface area contributed by atoms with Gasteiger partial charge in [0, 0.05) is 19.6 Å². The molecule has 0 radical (unpaired) electrons. The van der Waals surface area contributed by atoms with Gasteiger partial charge in [-0.2, -0.15) is 0 Å². The highest BCUT2D eigenvalue weighted by Gasteiger charge is 2.39.